The molecule has 1 N–H and O–H groups in total. The van der Waals surface area contributed by atoms with Gasteiger partial charge in [-0.2, -0.15) is 0 Å². The predicted molar refractivity (Wildman–Crippen MR) is 90.0 cm³/mol. The number of nitrogens with one attached hydrogen (secondary N) is 1. The predicted octanol–water partition coefficient (Wildman–Crippen LogP) is 4.09. The lowest BCUT2D eigenvalue weighted by molar-refractivity contribution is 0.103. The van der Waals surface area contributed by atoms with Gasteiger partial charge in [0, 0.05) is 28.0 Å². The van der Waals surface area contributed by atoms with Crippen LogP contribution in [0, 0.1) is 5.82 Å². The Morgan fingerprint density at radius 1 is 1.08 bits per heavy atom. The number of rotatable bonds is 3. The number of aromatic amines is 1. The number of methoxy groups -OCH3 is 1. The van der Waals surface area contributed by atoms with Gasteiger partial charge in [-0.05, 0) is 48.5 Å². The van der Waals surface area contributed by atoms with E-state index in [1.807, 2.05) is 24.3 Å². The van der Waals surface area contributed by atoms with Crippen LogP contribution in [0.5, 0.6) is 5.75 Å². The van der Waals surface area contributed by atoms with E-state index in [4.69, 9.17) is 4.74 Å². The first-order valence-electron chi connectivity index (χ1n) is 7.42. The molecular weight excluding hydrogens is 307 g/mol. The molecule has 24 heavy (non-hydrogen) atoms. The molecule has 0 saturated heterocycles. The van der Waals surface area contributed by atoms with Crippen molar-refractivity contribution in [2.45, 2.75) is 0 Å². The molecular formula is C19H13FN2O2. The lowest BCUT2D eigenvalue weighted by Gasteiger charge is -2.02. The highest BCUT2D eigenvalue weighted by atomic mass is 19.1. The summed E-state index contributed by atoms with van der Waals surface area (Å²) < 4.78 is 18.3. The Bertz CT molecular complexity index is 1070. The number of hydrogen-bond acceptors (Lipinski definition) is 3. The van der Waals surface area contributed by atoms with E-state index in [0.717, 1.165) is 22.0 Å². The second kappa shape index (κ2) is 5.45. The third kappa shape index (κ3) is 2.22. The molecule has 2 aromatic carbocycles. The molecule has 118 valence electrons. The van der Waals surface area contributed by atoms with Crippen molar-refractivity contribution in [3.8, 4) is 5.75 Å². The fraction of sp³-hybridized carbons (Fsp3) is 0.0526. The molecule has 0 bridgehead atoms. The van der Waals surface area contributed by atoms with Gasteiger partial charge in [0.25, 0.3) is 0 Å². The Hall–Kier alpha value is -3.21. The van der Waals surface area contributed by atoms with Crippen molar-refractivity contribution in [1.82, 2.24) is 9.97 Å². The first-order valence-corrected chi connectivity index (χ1v) is 7.42. The van der Waals surface area contributed by atoms with Gasteiger partial charge in [-0.25, -0.2) is 4.39 Å². The van der Waals surface area contributed by atoms with E-state index in [-0.39, 0.29) is 11.6 Å². The van der Waals surface area contributed by atoms with Gasteiger partial charge in [-0.15, -0.1) is 0 Å². The minimum atomic E-state index is -0.379. The average molecular weight is 320 g/mol. The van der Waals surface area contributed by atoms with Gasteiger partial charge < -0.3 is 9.72 Å². The Balaban J connectivity index is 1.92. The number of carbonyl (C=O) groups is 1. The Morgan fingerprint density at radius 3 is 2.62 bits per heavy atom. The summed E-state index contributed by atoms with van der Waals surface area (Å²) in [6.07, 6.45) is 1.60. The van der Waals surface area contributed by atoms with Gasteiger partial charge >= 0.3 is 0 Å². The standard InChI is InChI=1S/C19H13FN2O2/c1-24-13-6-7-16-15(10-13)14-8-9-21-18(17(14)22-16)19(23)11-2-4-12(20)5-3-11/h2-10,22H,1H3. The highest BCUT2D eigenvalue weighted by molar-refractivity contribution is 6.18. The number of ketones is 1. The summed E-state index contributed by atoms with van der Waals surface area (Å²) >= 11 is 0. The van der Waals surface area contributed by atoms with E-state index in [0.29, 0.717) is 16.8 Å². The summed E-state index contributed by atoms with van der Waals surface area (Å²) in [7, 11) is 1.61. The summed E-state index contributed by atoms with van der Waals surface area (Å²) in [4.78, 5) is 20.2. The second-order valence-electron chi connectivity index (χ2n) is 5.45. The van der Waals surface area contributed by atoms with E-state index in [2.05, 4.69) is 9.97 Å². The van der Waals surface area contributed by atoms with E-state index in [1.165, 1.54) is 24.3 Å². The lowest BCUT2D eigenvalue weighted by Crippen LogP contribution is -2.04. The molecule has 2 aromatic heterocycles. The number of nitrogens with zero attached hydrogens (tertiary/aromatic N) is 1. The van der Waals surface area contributed by atoms with Crippen LogP contribution in [0.1, 0.15) is 16.1 Å². The van der Waals surface area contributed by atoms with Crippen molar-refractivity contribution < 1.29 is 13.9 Å². The van der Waals surface area contributed by atoms with Gasteiger partial charge in [0.05, 0.1) is 12.6 Å². The van der Waals surface area contributed by atoms with E-state index >= 15 is 0 Å². The van der Waals surface area contributed by atoms with Gasteiger partial charge in [-0.3, -0.25) is 9.78 Å². The first-order chi connectivity index (χ1) is 11.7. The molecule has 0 amide bonds. The van der Waals surface area contributed by atoms with Crippen molar-refractivity contribution in [3.05, 3.63) is 71.8 Å². The molecule has 0 aliphatic heterocycles. The van der Waals surface area contributed by atoms with E-state index in [9.17, 15) is 9.18 Å². The smallest absolute Gasteiger partial charge is 0.213 e. The van der Waals surface area contributed by atoms with Crippen molar-refractivity contribution in [2.24, 2.45) is 0 Å². The summed E-state index contributed by atoms with van der Waals surface area (Å²) in [6.45, 7) is 0. The van der Waals surface area contributed by atoms with Crippen LogP contribution in [0.15, 0.2) is 54.7 Å². The molecule has 0 fully saturated rings. The molecule has 0 unspecified atom stereocenters. The van der Waals surface area contributed by atoms with Crippen molar-refractivity contribution in [2.75, 3.05) is 7.11 Å². The molecule has 4 rings (SSSR count). The number of aromatic nitrogens is 2. The zero-order valence-electron chi connectivity index (χ0n) is 12.8. The zero-order valence-corrected chi connectivity index (χ0v) is 12.8. The van der Waals surface area contributed by atoms with Crippen LogP contribution >= 0.6 is 0 Å². The Kier molecular flexibility index (Phi) is 3.27. The third-order valence-corrected chi connectivity index (χ3v) is 4.05. The van der Waals surface area contributed by atoms with Gasteiger partial charge in [0.2, 0.25) is 5.78 Å². The largest absolute Gasteiger partial charge is 0.497 e. The number of H-pyrrole nitrogens is 1. The van der Waals surface area contributed by atoms with Crippen LogP contribution in [-0.2, 0) is 0 Å². The summed E-state index contributed by atoms with van der Waals surface area (Å²) in [5, 5.41) is 1.85. The Morgan fingerprint density at radius 2 is 1.88 bits per heavy atom. The third-order valence-electron chi connectivity index (χ3n) is 4.05. The van der Waals surface area contributed by atoms with Crippen LogP contribution in [0.4, 0.5) is 4.39 Å². The second-order valence-corrected chi connectivity index (χ2v) is 5.45. The number of pyridine rings is 1. The molecule has 0 aliphatic carbocycles. The SMILES string of the molecule is COc1ccc2[nH]c3c(C(=O)c4ccc(F)cc4)nccc3c2c1. The number of benzene rings is 2. The summed E-state index contributed by atoms with van der Waals surface area (Å²) in [5.74, 6) is 0.112. The summed E-state index contributed by atoms with van der Waals surface area (Å²) in [6, 6.07) is 13.0. The molecule has 0 aliphatic rings. The molecule has 0 saturated carbocycles. The maximum absolute atomic E-state index is 13.1. The fourth-order valence-electron chi connectivity index (χ4n) is 2.84. The monoisotopic (exact) mass is 320 g/mol. The first kappa shape index (κ1) is 14.4. The van der Waals surface area contributed by atoms with Gasteiger partial charge in [0.15, 0.2) is 0 Å². The summed E-state index contributed by atoms with van der Waals surface area (Å²) in [5.41, 5.74) is 2.27. The Labute approximate surface area is 136 Å². The maximum Gasteiger partial charge on any atom is 0.213 e. The van der Waals surface area contributed by atoms with Crippen LogP contribution in [0.25, 0.3) is 21.8 Å². The lowest BCUT2D eigenvalue weighted by atomic mass is 10.1. The molecule has 2 heterocycles. The van der Waals surface area contributed by atoms with Crippen LogP contribution in [0.2, 0.25) is 0 Å². The average Bonchev–Trinajstić information content (AvgIpc) is 2.99. The van der Waals surface area contributed by atoms with Crippen LogP contribution in [0.3, 0.4) is 0 Å². The van der Waals surface area contributed by atoms with Gasteiger partial charge in [0.1, 0.15) is 17.3 Å². The zero-order chi connectivity index (χ0) is 16.7. The topological polar surface area (TPSA) is 55.0 Å². The van der Waals surface area contributed by atoms with Crippen LogP contribution < -0.4 is 4.74 Å². The van der Waals surface area contributed by atoms with Crippen molar-refractivity contribution in [1.29, 1.82) is 0 Å². The minimum absolute atomic E-state index is 0.251. The fourth-order valence-corrected chi connectivity index (χ4v) is 2.84. The minimum Gasteiger partial charge on any atom is -0.497 e. The molecule has 4 aromatic rings. The van der Waals surface area contributed by atoms with E-state index in [1.54, 1.807) is 13.3 Å². The van der Waals surface area contributed by atoms with Crippen molar-refractivity contribution >= 4 is 27.6 Å². The molecule has 0 radical (unpaired) electrons. The highest BCUT2D eigenvalue weighted by Gasteiger charge is 2.17. The van der Waals surface area contributed by atoms with Gasteiger partial charge in [-0.1, -0.05) is 0 Å². The molecule has 0 spiro atoms. The number of ether oxygens (including phenoxy) is 1. The number of carbonyl (C=O) groups excluding carboxylic acids is 1. The van der Waals surface area contributed by atoms with Crippen molar-refractivity contribution in [3.63, 3.8) is 0 Å². The number of halogens is 1. The van der Waals surface area contributed by atoms with E-state index < -0.39 is 0 Å². The molecule has 4 nitrogen and oxygen atoms in total. The maximum atomic E-state index is 13.1. The molecule has 5 heteroatoms. The molecule has 0 atom stereocenters. The highest BCUT2D eigenvalue weighted by Crippen LogP contribution is 2.30. The van der Waals surface area contributed by atoms with Crippen LogP contribution in [-0.4, -0.2) is 22.9 Å². The quantitative estimate of drug-likeness (QED) is 0.578. The number of hydrogen-bond donors (Lipinski definition) is 1. The normalized spacial score (nSPS) is 11.1. The number of fused-ring (bicyclic) bond motifs is 3.